The van der Waals surface area contributed by atoms with E-state index in [1.807, 2.05) is 0 Å². The topological polar surface area (TPSA) is 95.9 Å². The number of hydrogen-bond donors (Lipinski definition) is 3. The zero-order chi connectivity index (χ0) is 62.0. The molecule has 0 aliphatic heterocycles. The maximum Gasteiger partial charge on any atom is 0.305 e. The van der Waals surface area contributed by atoms with Crippen molar-refractivity contribution >= 4 is 11.9 Å². The van der Waals surface area contributed by atoms with Crippen LogP contribution >= 0.6 is 0 Å². The van der Waals surface area contributed by atoms with Gasteiger partial charge in [-0.3, -0.25) is 9.59 Å². The summed E-state index contributed by atoms with van der Waals surface area (Å²) < 4.78 is 5.49. The Labute approximate surface area is 538 Å². The van der Waals surface area contributed by atoms with Crippen molar-refractivity contribution in [2.24, 2.45) is 0 Å². The first kappa shape index (κ1) is 84.1. The molecule has 1 amide bonds. The van der Waals surface area contributed by atoms with E-state index >= 15 is 0 Å². The molecule has 0 bridgehead atoms. The van der Waals surface area contributed by atoms with E-state index in [2.05, 4.69) is 55.6 Å². The second-order valence-corrected chi connectivity index (χ2v) is 27.0. The van der Waals surface area contributed by atoms with Crippen LogP contribution in [0, 0.1) is 0 Å². The molecule has 0 fully saturated rings. The summed E-state index contributed by atoms with van der Waals surface area (Å²) in [6.45, 7) is 4.97. The first-order valence-electron chi connectivity index (χ1n) is 39.2. The van der Waals surface area contributed by atoms with Gasteiger partial charge in [0.15, 0.2) is 0 Å². The Balaban J connectivity index is 3.37. The van der Waals surface area contributed by atoms with Crippen LogP contribution in [0.15, 0.2) is 36.5 Å². The molecule has 0 heterocycles. The second kappa shape index (κ2) is 75.5. The lowest BCUT2D eigenvalue weighted by atomic mass is 10.0. The molecule has 0 rings (SSSR count). The lowest BCUT2D eigenvalue weighted by Gasteiger charge is -2.22. The maximum absolute atomic E-state index is 12.6. The van der Waals surface area contributed by atoms with Crippen LogP contribution in [0.5, 0.6) is 0 Å². The summed E-state index contributed by atoms with van der Waals surface area (Å²) >= 11 is 0. The first-order valence-corrected chi connectivity index (χ1v) is 39.2. The van der Waals surface area contributed by atoms with Crippen molar-refractivity contribution in [1.29, 1.82) is 0 Å². The van der Waals surface area contributed by atoms with E-state index in [9.17, 15) is 19.8 Å². The molecule has 0 aromatic heterocycles. The number of carbonyl (C=O) groups excluding carboxylic acids is 2. The molecule has 0 saturated carbocycles. The number of unbranched alkanes of at least 4 members (excludes halogenated alkanes) is 57. The highest BCUT2D eigenvalue weighted by Crippen LogP contribution is 2.20. The van der Waals surface area contributed by atoms with E-state index in [0.29, 0.717) is 25.9 Å². The van der Waals surface area contributed by atoms with E-state index in [0.717, 1.165) is 51.4 Å². The van der Waals surface area contributed by atoms with Crippen molar-refractivity contribution in [2.75, 3.05) is 13.2 Å². The van der Waals surface area contributed by atoms with Crippen LogP contribution in [0.3, 0.4) is 0 Å². The lowest BCUT2D eigenvalue weighted by molar-refractivity contribution is -0.143. The first-order chi connectivity index (χ1) is 42.5. The Morgan fingerprint density at radius 3 is 0.907 bits per heavy atom. The minimum atomic E-state index is -0.664. The van der Waals surface area contributed by atoms with Gasteiger partial charge < -0.3 is 20.3 Å². The molecule has 86 heavy (non-hydrogen) atoms. The van der Waals surface area contributed by atoms with E-state index in [1.54, 1.807) is 0 Å². The van der Waals surface area contributed by atoms with E-state index in [-0.39, 0.29) is 18.5 Å². The molecule has 0 radical (unpaired) electrons. The molecular weight excluding hydrogens is 1050 g/mol. The summed E-state index contributed by atoms with van der Waals surface area (Å²) in [5.41, 5.74) is 0. The van der Waals surface area contributed by atoms with Crippen LogP contribution in [-0.2, 0) is 14.3 Å². The molecule has 508 valence electrons. The molecule has 2 unspecified atom stereocenters. The number of esters is 1. The predicted molar refractivity (Wildman–Crippen MR) is 379 cm³/mol. The van der Waals surface area contributed by atoms with Gasteiger partial charge in [-0.15, -0.1) is 0 Å². The molecular formula is C80H153NO5. The van der Waals surface area contributed by atoms with Gasteiger partial charge in [0.25, 0.3) is 0 Å². The Hall–Kier alpha value is -1.92. The van der Waals surface area contributed by atoms with E-state index in [4.69, 9.17) is 4.74 Å². The number of ether oxygens (including phenoxy) is 1. The van der Waals surface area contributed by atoms with Gasteiger partial charge in [0, 0.05) is 12.8 Å². The number of allylic oxidation sites excluding steroid dienone is 6. The molecule has 0 aromatic carbocycles. The fourth-order valence-electron chi connectivity index (χ4n) is 12.4. The molecule has 3 N–H and O–H groups in total. The quantitative estimate of drug-likeness (QED) is 0.0320. The fourth-order valence-corrected chi connectivity index (χ4v) is 12.4. The number of aliphatic hydroxyl groups excluding tert-OH is 2. The largest absolute Gasteiger partial charge is 0.466 e. The third-order valence-corrected chi connectivity index (χ3v) is 18.4. The van der Waals surface area contributed by atoms with Crippen molar-refractivity contribution in [3.05, 3.63) is 36.5 Å². The monoisotopic (exact) mass is 1210 g/mol. The number of hydrogen-bond acceptors (Lipinski definition) is 5. The number of carbonyl (C=O) groups is 2. The Kier molecular flexibility index (Phi) is 73.9. The zero-order valence-electron chi connectivity index (χ0n) is 58.3. The van der Waals surface area contributed by atoms with Gasteiger partial charge in [-0.05, 0) is 83.5 Å². The maximum atomic E-state index is 12.6. The standard InChI is InChI=1S/C80H153NO5/c1-3-5-7-9-11-13-15-17-19-21-22-23-35-38-41-44-48-52-56-60-64-68-72-78(83)77(76-82)81-79(84)73-69-65-61-57-53-49-45-42-39-36-33-31-29-27-25-24-26-28-30-32-34-37-40-43-47-51-55-59-63-67-71-75-86-80(85)74-70-66-62-58-54-50-46-20-18-16-14-12-10-8-6-4-2/h14,16,20,26,28,46,77-78,82-83H,3-13,15,17-19,21-25,27,29-45,47-76H2,1-2H3,(H,81,84)/b16-14-,28-26-,46-20-. The van der Waals surface area contributed by atoms with Crippen molar-refractivity contribution in [3.63, 3.8) is 0 Å². The zero-order valence-corrected chi connectivity index (χ0v) is 58.3. The number of amides is 1. The molecule has 0 aromatic rings. The number of aliphatic hydroxyl groups is 2. The smallest absolute Gasteiger partial charge is 0.305 e. The summed E-state index contributed by atoms with van der Waals surface area (Å²) in [4.78, 5) is 24.7. The minimum Gasteiger partial charge on any atom is -0.466 e. The predicted octanol–water partition coefficient (Wildman–Crippen LogP) is 25.8. The molecule has 6 nitrogen and oxygen atoms in total. The van der Waals surface area contributed by atoms with Crippen molar-refractivity contribution in [3.8, 4) is 0 Å². The normalized spacial score (nSPS) is 12.7. The SMILES string of the molecule is CCCCCC/C=C\C/C=C\CCCCCCCC(=O)OCCCCCCCCCCCCCC/C=C\CCCCCCCCCCCCCCCCCC(=O)NC(CO)C(O)CCCCCCCCCCCCCCCCCCCCCCCC. The van der Waals surface area contributed by atoms with Crippen molar-refractivity contribution in [1.82, 2.24) is 5.32 Å². The Bertz CT molecular complexity index is 1390. The minimum absolute atomic E-state index is 0.00492. The van der Waals surface area contributed by atoms with Crippen LogP contribution < -0.4 is 5.32 Å². The molecule has 0 spiro atoms. The van der Waals surface area contributed by atoms with Crippen LogP contribution in [0.25, 0.3) is 0 Å². The van der Waals surface area contributed by atoms with Crippen LogP contribution in [0.1, 0.15) is 438 Å². The van der Waals surface area contributed by atoms with Gasteiger partial charge >= 0.3 is 5.97 Å². The Morgan fingerprint density at radius 2 is 0.581 bits per heavy atom. The van der Waals surface area contributed by atoms with Gasteiger partial charge in [-0.2, -0.15) is 0 Å². The van der Waals surface area contributed by atoms with Crippen molar-refractivity contribution < 1.29 is 24.5 Å². The second-order valence-electron chi connectivity index (χ2n) is 27.0. The lowest BCUT2D eigenvalue weighted by Crippen LogP contribution is -2.45. The van der Waals surface area contributed by atoms with Crippen LogP contribution in [0.4, 0.5) is 0 Å². The summed E-state index contributed by atoms with van der Waals surface area (Å²) in [6, 6.07) is -0.541. The molecule has 6 heteroatoms. The highest BCUT2D eigenvalue weighted by atomic mass is 16.5. The van der Waals surface area contributed by atoms with Gasteiger partial charge in [-0.1, -0.05) is 378 Å². The summed E-state index contributed by atoms with van der Waals surface area (Å²) in [5, 5.41) is 23.5. The molecule has 0 aliphatic rings. The highest BCUT2D eigenvalue weighted by molar-refractivity contribution is 5.76. The van der Waals surface area contributed by atoms with Crippen LogP contribution in [-0.4, -0.2) is 47.4 Å². The number of nitrogens with one attached hydrogen (secondary N) is 1. The average molecular weight is 1210 g/mol. The molecule has 0 saturated heterocycles. The molecule has 2 atom stereocenters. The van der Waals surface area contributed by atoms with E-state index in [1.165, 1.54) is 353 Å². The highest BCUT2D eigenvalue weighted by Gasteiger charge is 2.20. The van der Waals surface area contributed by atoms with Crippen LogP contribution in [0.2, 0.25) is 0 Å². The average Bonchev–Trinajstić information content (AvgIpc) is 3.54. The summed E-state index contributed by atoms with van der Waals surface area (Å²) in [5.74, 6) is -0.0230. The van der Waals surface area contributed by atoms with Gasteiger partial charge in [0.2, 0.25) is 5.91 Å². The van der Waals surface area contributed by atoms with Gasteiger partial charge in [-0.25, -0.2) is 0 Å². The summed E-state index contributed by atoms with van der Waals surface area (Å²) in [6.07, 6.45) is 98.0. The van der Waals surface area contributed by atoms with Gasteiger partial charge in [0.05, 0.1) is 25.4 Å². The fraction of sp³-hybridized carbons (Fsp3) is 0.900. The van der Waals surface area contributed by atoms with Gasteiger partial charge in [0.1, 0.15) is 0 Å². The third kappa shape index (κ3) is 71.2. The van der Waals surface area contributed by atoms with Crippen molar-refractivity contribution in [2.45, 2.75) is 450 Å². The summed E-state index contributed by atoms with van der Waals surface area (Å²) in [7, 11) is 0. The third-order valence-electron chi connectivity index (χ3n) is 18.4. The molecule has 0 aliphatic carbocycles. The Morgan fingerprint density at radius 1 is 0.326 bits per heavy atom. The number of rotatable bonds is 74. The van der Waals surface area contributed by atoms with E-state index < -0.39 is 12.1 Å².